The van der Waals surface area contributed by atoms with Gasteiger partial charge in [0, 0.05) is 30.2 Å². The lowest BCUT2D eigenvalue weighted by molar-refractivity contribution is -0.137. The fourth-order valence-electron chi connectivity index (χ4n) is 2.90. The SMILES string of the molecule is CN(C)Cc1ccc(C(F)(F)F)cc1NC(=O)c1cc(-c2cnc(N)nc2)ccc1F. The summed E-state index contributed by atoms with van der Waals surface area (Å²) in [5, 5.41) is 2.42. The van der Waals surface area contributed by atoms with Crippen molar-refractivity contribution in [1.29, 1.82) is 0 Å². The molecule has 0 aliphatic heterocycles. The van der Waals surface area contributed by atoms with Gasteiger partial charge in [0.05, 0.1) is 11.1 Å². The standard InChI is InChI=1S/C21H19F4N5O/c1-30(2)11-13-3-5-15(21(23,24)25)8-18(13)29-19(31)16-7-12(4-6-17(16)22)14-9-27-20(26)28-10-14/h3-10H,11H2,1-2H3,(H,29,31)(H2,26,27,28). The van der Waals surface area contributed by atoms with Crippen LogP contribution in [0.5, 0.6) is 0 Å². The Bertz CT molecular complexity index is 1100. The average Bonchev–Trinajstić information content (AvgIpc) is 2.69. The van der Waals surface area contributed by atoms with Gasteiger partial charge < -0.3 is 16.0 Å². The van der Waals surface area contributed by atoms with Gasteiger partial charge in [-0.25, -0.2) is 14.4 Å². The number of nitrogens with zero attached hydrogens (tertiary/aromatic N) is 3. The zero-order chi connectivity index (χ0) is 22.8. The maximum Gasteiger partial charge on any atom is 0.416 e. The van der Waals surface area contributed by atoms with Crippen molar-refractivity contribution in [3.05, 3.63) is 71.3 Å². The highest BCUT2D eigenvalue weighted by molar-refractivity contribution is 6.05. The Labute approximate surface area is 175 Å². The maximum atomic E-state index is 14.4. The van der Waals surface area contributed by atoms with Crippen LogP contribution in [0.25, 0.3) is 11.1 Å². The first-order valence-corrected chi connectivity index (χ1v) is 9.08. The van der Waals surface area contributed by atoms with Crippen LogP contribution in [0.2, 0.25) is 0 Å². The van der Waals surface area contributed by atoms with Crippen LogP contribution in [0.3, 0.4) is 0 Å². The van der Waals surface area contributed by atoms with Gasteiger partial charge in [0.2, 0.25) is 5.95 Å². The highest BCUT2D eigenvalue weighted by atomic mass is 19.4. The van der Waals surface area contributed by atoms with Crippen molar-refractivity contribution in [2.45, 2.75) is 12.7 Å². The summed E-state index contributed by atoms with van der Waals surface area (Å²) in [6.07, 6.45) is -1.76. The maximum absolute atomic E-state index is 14.4. The molecule has 2 aromatic carbocycles. The van der Waals surface area contributed by atoms with E-state index in [1.54, 1.807) is 19.0 Å². The molecule has 0 aliphatic carbocycles. The van der Waals surface area contributed by atoms with Crippen LogP contribution in [0.1, 0.15) is 21.5 Å². The molecule has 1 heterocycles. The number of benzene rings is 2. The second-order valence-electron chi connectivity index (χ2n) is 7.09. The molecule has 0 aliphatic rings. The van der Waals surface area contributed by atoms with E-state index in [0.717, 1.165) is 18.2 Å². The Morgan fingerprint density at radius 1 is 1.06 bits per heavy atom. The summed E-state index contributed by atoms with van der Waals surface area (Å²) in [4.78, 5) is 22.2. The lowest BCUT2D eigenvalue weighted by Crippen LogP contribution is -2.19. The van der Waals surface area contributed by atoms with Crippen LogP contribution >= 0.6 is 0 Å². The van der Waals surface area contributed by atoms with E-state index in [2.05, 4.69) is 15.3 Å². The molecular formula is C21H19F4N5O. The first kappa shape index (κ1) is 22.2. The van der Waals surface area contributed by atoms with Gasteiger partial charge in [-0.3, -0.25) is 4.79 Å². The number of amides is 1. The first-order valence-electron chi connectivity index (χ1n) is 9.08. The van der Waals surface area contributed by atoms with Crippen LogP contribution in [0.4, 0.5) is 29.2 Å². The number of nitrogens with two attached hydrogens (primary N) is 1. The molecule has 0 bridgehead atoms. The zero-order valence-corrected chi connectivity index (χ0v) is 16.7. The lowest BCUT2D eigenvalue weighted by atomic mass is 10.0. The molecule has 0 atom stereocenters. The molecule has 3 N–H and O–H groups in total. The molecule has 10 heteroatoms. The number of nitrogen functional groups attached to an aromatic ring is 1. The number of alkyl halides is 3. The van der Waals surface area contributed by atoms with Crippen molar-refractivity contribution < 1.29 is 22.4 Å². The largest absolute Gasteiger partial charge is 0.416 e. The number of anilines is 2. The van der Waals surface area contributed by atoms with Crippen molar-refractivity contribution in [3.63, 3.8) is 0 Å². The molecule has 3 aromatic rings. The molecule has 0 unspecified atom stereocenters. The van der Waals surface area contributed by atoms with E-state index in [-0.39, 0.29) is 23.7 Å². The average molecular weight is 433 g/mol. The van der Waals surface area contributed by atoms with Crippen LogP contribution in [0.15, 0.2) is 48.8 Å². The molecule has 0 fully saturated rings. The van der Waals surface area contributed by atoms with Gasteiger partial charge in [-0.05, 0) is 49.5 Å². The predicted octanol–water partition coefficient (Wildman–Crippen LogP) is 4.20. The molecule has 0 spiro atoms. The number of nitrogens with one attached hydrogen (secondary N) is 1. The van der Waals surface area contributed by atoms with Crippen LogP contribution in [0, 0.1) is 5.82 Å². The van der Waals surface area contributed by atoms with Crippen LogP contribution in [-0.2, 0) is 12.7 Å². The fraction of sp³-hybridized carbons (Fsp3) is 0.190. The molecule has 6 nitrogen and oxygen atoms in total. The smallest absolute Gasteiger partial charge is 0.368 e. The summed E-state index contributed by atoms with van der Waals surface area (Å²) in [6.45, 7) is 0.277. The minimum Gasteiger partial charge on any atom is -0.368 e. The molecular weight excluding hydrogens is 414 g/mol. The number of hydrogen-bond donors (Lipinski definition) is 2. The third-order valence-electron chi connectivity index (χ3n) is 4.39. The van der Waals surface area contributed by atoms with Gasteiger partial charge in [0.1, 0.15) is 5.82 Å². The number of hydrogen-bond acceptors (Lipinski definition) is 5. The van der Waals surface area contributed by atoms with E-state index in [0.29, 0.717) is 16.7 Å². The lowest BCUT2D eigenvalue weighted by Gasteiger charge is -2.17. The highest BCUT2D eigenvalue weighted by Crippen LogP contribution is 2.33. The van der Waals surface area contributed by atoms with Crippen LogP contribution < -0.4 is 11.1 Å². The molecule has 0 saturated carbocycles. The summed E-state index contributed by atoms with van der Waals surface area (Å²) < 4.78 is 53.8. The van der Waals surface area contributed by atoms with E-state index >= 15 is 0 Å². The summed E-state index contributed by atoms with van der Waals surface area (Å²) >= 11 is 0. The van der Waals surface area contributed by atoms with Gasteiger partial charge in [-0.15, -0.1) is 0 Å². The monoisotopic (exact) mass is 433 g/mol. The highest BCUT2D eigenvalue weighted by Gasteiger charge is 2.31. The number of aromatic nitrogens is 2. The Hall–Kier alpha value is -3.53. The number of halogens is 4. The molecule has 3 rings (SSSR count). The quantitative estimate of drug-likeness (QED) is 0.590. The van der Waals surface area contributed by atoms with Crippen molar-refractivity contribution in [2.75, 3.05) is 25.1 Å². The van der Waals surface area contributed by atoms with Gasteiger partial charge in [0.15, 0.2) is 0 Å². The third-order valence-corrected chi connectivity index (χ3v) is 4.39. The molecule has 162 valence electrons. The van der Waals surface area contributed by atoms with E-state index in [4.69, 9.17) is 5.73 Å². The number of carbonyl (C=O) groups excluding carboxylic acids is 1. The van der Waals surface area contributed by atoms with Crippen molar-refractivity contribution in [2.24, 2.45) is 0 Å². The number of carbonyl (C=O) groups is 1. The molecule has 1 aromatic heterocycles. The first-order chi connectivity index (χ1) is 14.5. The van der Waals surface area contributed by atoms with Crippen molar-refractivity contribution in [1.82, 2.24) is 14.9 Å². The minimum absolute atomic E-state index is 0.0471. The normalized spacial score (nSPS) is 11.6. The molecule has 0 radical (unpaired) electrons. The number of rotatable bonds is 5. The molecule has 1 amide bonds. The predicted molar refractivity (Wildman–Crippen MR) is 109 cm³/mol. The summed E-state index contributed by atoms with van der Waals surface area (Å²) in [5.74, 6) is -1.64. The van der Waals surface area contributed by atoms with Gasteiger partial charge >= 0.3 is 6.18 Å². The van der Waals surface area contributed by atoms with Crippen molar-refractivity contribution in [3.8, 4) is 11.1 Å². The second-order valence-corrected chi connectivity index (χ2v) is 7.09. The third kappa shape index (κ3) is 5.34. The van der Waals surface area contributed by atoms with Gasteiger partial charge in [0.25, 0.3) is 5.91 Å². The van der Waals surface area contributed by atoms with Gasteiger partial charge in [-0.1, -0.05) is 12.1 Å². The minimum atomic E-state index is -4.59. The molecule has 0 saturated heterocycles. The Morgan fingerprint density at radius 3 is 2.35 bits per heavy atom. The second kappa shape index (κ2) is 8.68. The van der Waals surface area contributed by atoms with Crippen molar-refractivity contribution >= 4 is 17.5 Å². The van der Waals surface area contributed by atoms with Gasteiger partial charge in [-0.2, -0.15) is 13.2 Å². The topological polar surface area (TPSA) is 84.1 Å². The zero-order valence-electron chi connectivity index (χ0n) is 16.7. The summed E-state index contributed by atoms with van der Waals surface area (Å²) in [6, 6.07) is 6.87. The Morgan fingerprint density at radius 2 is 1.74 bits per heavy atom. The fourth-order valence-corrected chi connectivity index (χ4v) is 2.90. The Balaban J connectivity index is 1.97. The van der Waals surface area contributed by atoms with E-state index in [9.17, 15) is 22.4 Å². The summed E-state index contributed by atoms with van der Waals surface area (Å²) in [7, 11) is 3.47. The van der Waals surface area contributed by atoms with E-state index in [1.807, 2.05) is 0 Å². The van der Waals surface area contributed by atoms with E-state index < -0.39 is 23.5 Å². The van der Waals surface area contributed by atoms with E-state index in [1.165, 1.54) is 30.6 Å². The summed E-state index contributed by atoms with van der Waals surface area (Å²) in [5.41, 5.74) is 5.56. The Kier molecular flexibility index (Phi) is 6.21. The van der Waals surface area contributed by atoms with Crippen LogP contribution in [-0.4, -0.2) is 34.9 Å². The molecule has 31 heavy (non-hydrogen) atoms.